The molecule has 1 saturated heterocycles. The highest BCUT2D eigenvalue weighted by Crippen LogP contribution is 2.45. The van der Waals surface area contributed by atoms with Gasteiger partial charge in [-0.1, -0.05) is 11.6 Å². The largest absolute Gasteiger partial charge is 0.493 e. The Balaban J connectivity index is 1.18. The van der Waals surface area contributed by atoms with E-state index >= 15 is 0 Å². The lowest BCUT2D eigenvalue weighted by Crippen LogP contribution is -2.35. The van der Waals surface area contributed by atoms with Gasteiger partial charge in [-0.05, 0) is 55.6 Å². The Morgan fingerprint density at radius 2 is 1.96 bits per heavy atom. The molecule has 2 aliphatic rings. The summed E-state index contributed by atoms with van der Waals surface area (Å²) in [5.74, 6) is 2.74. The summed E-state index contributed by atoms with van der Waals surface area (Å²) >= 11 is 5.85. The Morgan fingerprint density at radius 1 is 1.21 bits per heavy atom. The van der Waals surface area contributed by atoms with Crippen LogP contribution >= 0.6 is 11.6 Å². The number of aromatic nitrogens is 2. The third kappa shape index (κ3) is 4.53. The van der Waals surface area contributed by atoms with Crippen LogP contribution < -0.4 is 9.64 Å². The van der Waals surface area contributed by atoms with Crippen molar-refractivity contribution in [1.29, 1.82) is 0 Å². The summed E-state index contributed by atoms with van der Waals surface area (Å²) in [6, 6.07) is 4.45. The summed E-state index contributed by atoms with van der Waals surface area (Å²) in [6.45, 7) is 9.46. The third-order valence-electron chi connectivity index (χ3n) is 5.71. The zero-order valence-corrected chi connectivity index (χ0v) is 16.3. The van der Waals surface area contributed by atoms with Crippen LogP contribution in [0.2, 0.25) is 5.02 Å². The second kappa shape index (κ2) is 8.32. The molecule has 4 rings (SSSR count). The average Bonchev–Trinajstić information content (AvgIpc) is 3.45. The standard InChI is InChI=1S/C21H22ClFN4O/c1-24-20-3-2-18(10-19(20)23)28-13-16-9-15(16)8-14-4-6-27(7-5-14)21-25-11-17(22)12-26-21/h2-3,10-12,14-16H,4-9,13H2/t15-,16+/m1/s1. The van der Waals surface area contributed by atoms with E-state index in [1.165, 1.54) is 25.0 Å². The van der Waals surface area contributed by atoms with Crippen LogP contribution in [0.4, 0.5) is 16.0 Å². The second-order valence-corrected chi connectivity index (χ2v) is 8.10. The minimum atomic E-state index is -0.517. The van der Waals surface area contributed by atoms with Crippen molar-refractivity contribution in [1.82, 2.24) is 9.97 Å². The highest BCUT2D eigenvalue weighted by atomic mass is 35.5. The van der Waals surface area contributed by atoms with E-state index in [0.717, 1.165) is 37.8 Å². The molecule has 1 aliphatic heterocycles. The van der Waals surface area contributed by atoms with Gasteiger partial charge in [-0.3, -0.25) is 0 Å². The predicted molar refractivity (Wildman–Crippen MR) is 106 cm³/mol. The molecule has 1 aliphatic carbocycles. The molecular formula is C21H22ClFN4O. The number of piperidine rings is 1. The lowest BCUT2D eigenvalue weighted by Gasteiger charge is -2.32. The van der Waals surface area contributed by atoms with Gasteiger partial charge in [0.2, 0.25) is 11.6 Å². The molecule has 0 bridgehead atoms. The van der Waals surface area contributed by atoms with Crippen molar-refractivity contribution >= 4 is 23.2 Å². The maximum atomic E-state index is 13.6. The van der Waals surface area contributed by atoms with E-state index in [9.17, 15) is 4.39 Å². The van der Waals surface area contributed by atoms with E-state index in [1.54, 1.807) is 18.5 Å². The first-order chi connectivity index (χ1) is 13.6. The minimum Gasteiger partial charge on any atom is -0.493 e. The topological polar surface area (TPSA) is 42.6 Å². The number of halogens is 2. The summed E-state index contributed by atoms with van der Waals surface area (Å²) < 4.78 is 19.4. The molecular weight excluding hydrogens is 379 g/mol. The second-order valence-electron chi connectivity index (χ2n) is 7.66. The summed E-state index contributed by atoms with van der Waals surface area (Å²) in [7, 11) is 0. The van der Waals surface area contributed by atoms with E-state index in [4.69, 9.17) is 22.9 Å². The molecule has 1 aromatic carbocycles. The molecule has 2 atom stereocenters. The fourth-order valence-corrected chi connectivity index (χ4v) is 4.04. The van der Waals surface area contributed by atoms with Crippen LogP contribution in [0.25, 0.3) is 4.85 Å². The highest BCUT2D eigenvalue weighted by molar-refractivity contribution is 6.30. The molecule has 0 amide bonds. The van der Waals surface area contributed by atoms with Gasteiger partial charge in [-0.25, -0.2) is 19.2 Å². The number of ether oxygens (including phenoxy) is 1. The number of hydrogen-bond acceptors (Lipinski definition) is 4. The molecule has 7 heteroatoms. The molecule has 1 saturated carbocycles. The normalized spacial score (nSPS) is 22.0. The van der Waals surface area contributed by atoms with Gasteiger partial charge in [0.05, 0.1) is 30.6 Å². The van der Waals surface area contributed by atoms with Crippen molar-refractivity contribution in [3.05, 3.63) is 52.8 Å². The number of benzene rings is 1. The Bertz CT molecular complexity index is 862. The van der Waals surface area contributed by atoms with Crippen molar-refractivity contribution in [3.8, 4) is 5.75 Å². The van der Waals surface area contributed by atoms with Crippen molar-refractivity contribution < 1.29 is 9.13 Å². The molecule has 146 valence electrons. The molecule has 0 spiro atoms. The third-order valence-corrected chi connectivity index (χ3v) is 5.91. The van der Waals surface area contributed by atoms with E-state index < -0.39 is 5.82 Å². The van der Waals surface area contributed by atoms with Gasteiger partial charge >= 0.3 is 0 Å². The van der Waals surface area contributed by atoms with Crippen LogP contribution in [-0.4, -0.2) is 29.7 Å². The highest BCUT2D eigenvalue weighted by Gasteiger charge is 2.39. The monoisotopic (exact) mass is 400 g/mol. The fraction of sp³-hybridized carbons (Fsp3) is 0.476. The van der Waals surface area contributed by atoms with Gasteiger partial charge in [-0.2, -0.15) is 0 Å². The molecule has 0 N–H and O–H groups in total. The Hall–Kier alpha value is -2.39. The smallest absolute Gasteiger partial charge is 0.225 e. The first-order valence-electron chi connectivity index (χ1n) is 9.64. The lowest BCUT2D eigenvalue weighted by atomic mass is 9.91. The SMILES string of the molecule is [C-]#[N+]c1ccc(OC[C@@H]2C[C@H]2CC2CCN(c3ncc(Cl)cn3)CC2)cc1F. The zero-order chi connectivity index (χ0) is 19.5. The van der Waals surface area contributed by atoms with Crippen molar-refractivity contribution in [2.24, 2.45) is 17.8 Å². The first-order valence-corrected chi connectivity index (χ1v) is 10.0. The summed E-state index contributed by atoms with van der Waals surface area (Å²) in [6.07, 6.45) is 8.01. The molecule has 5 nitrogen and oxygen atoms in total. The van der Waals surface area contributed by atoms with Crippen LogP contribution in [0.5, 0.6) is 5.75 Å². The molecule has 2 heterocycles. The lowest BCUT2D eigenvalue weighted by molar-refractivity contribution is 0.278. The number of nitrogens with zero attached hydrogens (tertiary/aromatic N) is 4. The van der Waals surface area contributed by atoms with Crippen LogP contribution in [-0.2, 0) is 0 Å². The van der Waals surface area contributed by atoms with Gasteiger partial charge in [-0.15, -0.1) is 0 Å². The minimum absolute atomic E-state index is 0.0343. The maximum Gasteiger partial charge on any atom is 0.225 e. The summed E-state index contributed by atoms with van der Waals surface area (Å²) in [5.41, 5.74) is 0.0343. The van der Waals surface area contributed by atoms with Crippen LogP contribution in [0.3, 0.4) is 0 Å². The maximum absolute atomic E-state index is 13.6. The number of rotatable bonds is 6. The fourth-order valence-electron chi connectivity index (χ4n) is 3.94. The predicted octanol–water partition coefficient (Wildman–Crippen LogP) is 5.14. The molecule has 0 radical (unpaired) electrons. The average molecular weight is 401 g/mol. The van der Waals surface area contributed by atoms with Gasteiger partial charge in [0, 0.05) is 19.2 Å². The molecule has 1 aromatic heterocycles. The molecule has 2 aromatic rings. The van der Waals surface area contributed by atoms with Gasteiger partial charge in [0.15, 0.2) is 0 Å². The summed E-state index contributed by atoms with van der Waals surface area (Å²) in [4.78, 5) is 14.0. The zero-order valence-electron chi connectivity index (χ0n) is 15.5. The van der Waals surface area contributed by atoms with Crippen molar-refractivity contribution in [2.45, 2.75) is 25.7 Å². The van der Waals surface area contributed by atoms with Crippen LogP contribution in [0.15, 0.2) is 30.6 Å². The van der Waals surface area contributed by atoms with Gasteiger partial charge in [0.25, 0.3) is 0 Å². The van der Waals surface area contributed by atoms with Gasteiger partial charge < -0.3 is 9.64 Å². The van der Waals surface area contributed by atoms with E-state index in [2.05, 4.69) is 19.7 Å². The number of hydrogen-bond donors (Lipinski definition) is 0. The first kappa shape index (κ1) is 18.9. The quantitative estimate of drug-likeness (QED) is 0.629. The Labute approximate surface area is 169 Å². The van der Waals surface area contributed by atoms with E-state index in [-0.39, 0.29) is 5.69 Å². The van der Waals surface area contributed by atoms with Crippen molar-refractivity contribution in [3.63, 3.8) is 0 Å². The molecule has 2 fully saturated rings. The molecule has 0 unspecified atom stereocenters. The number of anilines is 1. The molecule has 28 heavy (non-hydrogen) atoms. The van der Waals surface area contributed by atoms with E-state index in [1.807, 2.05) is 0 Å². The Morgan fingerprint density at radius 3 is 2.64 bits per heavy atom. The van der Waals surface area contributed by atoms with Gasteiger partial charge in [0.1, 0.15) is 11.6 Å². The van der Waals surface area contributed by atoms with Crippen LogP contribution in [0, 0.1) is 30.1 Å². The van der Waals surface area contributed by atoms with E-state index in [0.29, 0.717) is 29.2 Å². The van der Waals surface area contributed by atoms with Crippen molar-refractivity contribution in [2.75, 3.05) is 24.6 Å². The summed E-state index contributed by atoms with van der Waals surface area (Å²) in [5, 5.41) is 0.561. The van der Waals surface area contributed by atoms with Crippen LogP contribution in [0.1, 0.15) is 25.7 Å². The Kier molecular flexibility index (Phi) is 5.63.